The van der Waals surface area contributed by atoms with Crippen LogP contribution in [-0.2, 0) is 15.1 Å². The first-order chi connectivity index (χ1) is 10.1. The minimum atomic E-state index is -0.846. The number of nitrogens with zero attached hydrogens (tertiary/aromatic N) is 3. The smallest absolute Gasteiger partial charge is 0.313 e. The van der Waals surface area contributed by atoms with E-state index in [1.807, 2.05) is 6.07 Å². The molecule has 3 rings (SSSR count). The zero-order valence-corrected chi connectivity index (χ0v) is 12.6. The van der Waals surface area contributed by atoms with Crippen molar-refractivity contribution in [2.24, 2.45) is 0 Å². The standard InChI is InChI=1S/C14H17N3O3S/c1-14(4-2-6-20-9-14)17-11-3-5-15-7-10(11)16-13(17)21-8-12(18)19/h3,5,7H,2,4,6,8-9H2,1H3,(H,18,19). The molecule has 1 saturated heterocycles. The lowest BCUT2D eigenvalue weighted by Gasteiger charge is -2.36. The van der Waals surface area contributed by atoms with E-state index >= 15 is 0 Å². The highest BCUT2D eigenvalue weighted by Crippen LogP contribution is 2.35. The number of carboxylic acids is 1. The number of pyridine rings is 1. The first-order valence-corrected chi connectivity index (χ1v) is 7.84. The summed E-state index contributed by atoms with van der Waals surface area (Å²) in [7, 11) is 0. The molecule has 3 heterocycles. The number of carboxylic acid groups (broad SMARTS) is 1. The number of rotatable bonds is 4. The van der Waals surface area contributed by atoms with Crippen molar-refractivity contribution >= 4 is 28.8 Å². The molecule has 1 unspecified atom stereocenters. The van der Waals surface area contributed by atoms with E-state index in [1.165, 1.54) is 11.8 Å². The Morgan fingerprint density at radius 2 is 2.48 bits per heavy atom. The normalized spacial score (nSPS) is 22.5. The highest BCUT2D eigenvalue weighted by molar-refractivity contribution is 7.99. The van der Waals surface area contributed by atoms with Crippen LogP contribution >= 0.6 is 11.8 Å². The molecule has 0 saturated carbocycles. The molecule has 21 heavy (non-hydrogen) atoms. The molecule has 1 atom stereocenters. The number of hydrogen-bond donors (Lipinski definition) is 1. The SMILES string of the molecule is CC1(n2c(SCC(=O)O)nc3cnccc32)CCCOC1. The summed E-state index contributed by atoms with van der Waals surface area (Å²) in [6.07, 6.45) is 5.43. The van der Waals surface area contributed by atoms with Gasteiger partial charge in [0.15, 0.2) is 5.16 Å². The fraction of sp³-hybridized carbons (Fsp3) is 0.500. The van der Waals surface area contributed by atoms with E-state index in [2.05, 4.69) is 21.5 Å². The summed E-state index contributed by atoms with van der Waals surface area (Å²) in [5.41, 5.74) is 1.57. The molecule has 1 N–H and O–H groups in total. The Labute approximate surface area is 126 Å². The number of hydrogen-bond acceptors (Lipinski definition) is 5. The van der Waals surface area contributed by atoms with Crippen molar-refractivity contribution in [1.29, 1.82) is 0 Å². The van der Waals surface area contributed by atoms with Crippen LogP contribution < -0.4 is 0 Å². The second kappa shape index (κ2) is 5.65. The molecule has 112 valence electrons. The number of imidazole rings is 1. The molecule has 2 aromatic heterocycles. The minimum absolute atomic E-state index is 0.00626. The predicted octanol–water partition coefficient (Wildman–Crippen LogP) is 2.13. The van der Waals surface area contributed by atoms with Crippen molar-refractivity contribution in [1.82, 2.24) is 14.5 Å². The molecule has 1 fully saturated rings. The molecule has 0 bridgehead atoms. The third-order valence-corrected chi connectivity index (χ3v) is 4.63. The highest BCUT2D eigenvalue weighted by atomic mass is 32.2. The van der Waals surface area contributed by atoms with Crippen LogP contribution in [0.1, 0.15) is 19.8 Å². The Balaban J connectivity index is 2.08. The fourth-order valence-electron chi connectivity index (χ4n) is 2.75. The summed E-state index contributed by atoms with van der Waals surface area (Å²) in [6.45, 7) is 3.53. The van der Waals surface area contributed by atoms with Gasteiger partial charge < -0.3 is 14.4 Å². The molecule has 6 nitrogen and oxygen atoms in total. The average molecular weight is 307 g/mol. The Bertz CT molecular complexity index is 665. The highest BCUT2D eigenvalue weighted by Gasteiger charge is 2.33. The molecule has 0 radical (unpaired) electrons. The lowest BCUT2D eigenvalue weighted by atomic mass is 9.94. The van der Waals surface area contributed by atoms with Gasteiger partial charge in [0.05, 0.1) is 29.6 Å². The number of carbonyl (C=O) groups is 1. The van der Waals surface area contributed by atoms with Gasteiger partial charge in [0, 0.05) is 12.8 Å². The monoisotopic (exact) mass is 307 g/mol. The van der Waals surface area contributed by atoms with Crippen LogP contribution in [0.25, 0.3) is 11.0 Å². The number of thioether (sulfide) groups is 1. The van der Waals surface area contributed by atoms with Crippen LogP contribution in [0, 0.1) is 0 Å². The third kappa shape index (κ3) is 2.75. The topological polar surface area (TPSA) is 77.2 Å². The zero-order valence-electron chi connectivity index (χ0n) is 11.8. The maximum absolute atomic E-state index is 10.9. The molecule has 0 amide bonds. The Kier molecular flexibility index (Phi) is 3.86. The third-order valence-electron chi connectivity index (χ3n) is 3.71. The fourth-order valence-corrected chi connectivity index (χ4v) is 3.61. The summed E-state index contributed by atoms with van der Waals surface area (Å²) >= 11 is 1.24. The number of fused-ring (bicyclic) bond motifs is 1. The van der Waals surface area contributed by atoms with Gasteiger partial charge in [-0.1, -0.05) is 11.8 Å². The maximum Gasteiger partial charge on any atom is 0.313 e. The van der Waals surface area contributed by atoms with Crippen LogP contribution in [0.3, 0.4) is 0 Å². The van der Waals surface area contributed by atoms with E-state index < -0.39 is 5.97 Å². The lowest BCUT2D eigenvalue weighted by Crippen LogP contribution is -2.39. The molecule has 0 aliphatic carbocycles. The molecular weight excluding hydrogens is 290 g/mol. The van der Waals surface area contributed by atoms with Gasteiger partial charge in [-0.3, -0.25) is 9.78 Å². The number of aromatic nitrogens is 3. The second-order valence-electron chi connectivity index (χ2n) is 5.43. The molecule has 7 heteroatoms. The Hall–Kier alpha value is -1.60. The quantitative estimate of drug-likeness (QED) is 0.872. The van der Waals surface area contributed by atoms with Crippen molar-refractivity contribution < 1.29 is 14.6 Å². The van der Waals surface area contributed by atoms with Crippen LogP contribution in [0.15, 0.2) is 23.6 Å². The summed E-state index contributed by atoms with van der Waals surface area (Å²) in [5, 5.41) is 9.64. The van der Waals surface area contributed by atoms with Crippen molar-refractivity contribution in [3.8, 4) is 0 Å². The van der Waals surface area contributed by atoms with Crippen molar-refractivity contribution in [3.63, 3.8) is 0 Å². The molecular formula is C14H17N3O3S. The first-order valence-electron chi connectivity index (χ1n) is 6.85. The molecule has 0 spiro atoms. The first kappa shape index (κ1) is 14.3. The molecule has 0 aromatic carbocycles. The second-order valence-corrected chi connectivity index (χ2v) is 6.37. The van der Waals surface area contributed by atoms with Crippen LogP contribution in [-0.4, -0.2) is 44.6 Å². The lowest BCUT2D eigenvalue weighted by molar-refractivity contribution is -0.133. The largest absolute Gasteiger partial charge is 0.481 e. The van der Waals surface area contributed by atoms with Crippen LogP contribution in [0.2, 0.25) is 0 Å². The van der Waals surface area contributed by atoms with Gasteiger partial charge in [-0.05, 0) is 25.8 Å². The molecule has 1 aliphatic heterocycles. The zero-order chi connectivity index (χ0) is 14.9. The van der Waals surface area contributed by atoms with Gasteiger partial charge in [-0.2, -0.15) is 0 Å². The van der Waals surface area contributed by atoms with E-state index in [-0.39, 0.29) is 11.3 Å². The van der Waals surface area contributed by atoms with E-state index in [4.69, 9.17) is 9.84 Å². The van der Waals surface area contributed by atoms with Gasteiger partial charge >= 0.3 is 5.97 Å². The number of aliphatic carboxylic acids is 1. The minimum Gasteiger partial charge on any atom is -0.481 e. The molecule has 1 aliphatic rings. The van der Waals surface area contributed by atoms with Gasteiger partial charge in [-0.15, -0.1) is 0 Å². The van der Waals surface area contributed by atoms with Crippen LogP contribution in [0.5, 0.6) is 0 Å². The Morgan fingerprint density at radius 1 is 1.62 bits per heavy atom. The summed E-state index contributed by atoms with van der Waals surface area (Å²) < 4.78 is 7.77. The van der Waals surface area contributed by atoms with E-state index in [0.29, 0.717) is 11.8 Å². The van der Waals surface area contributed by atoms with Crippen molar-refractivity contribution in [2.75, 3.05) is 19.0 Å². The summed E-state index contributed by atoms with van der Waals surface area (Å²) in [5.74, 6) is -0.852. The van der Waals surface area contributed by atoms with Gasteiger partial charge in [-0.25, -0.2) is 4.98 Å². The van der Waals surface area contributed by atoms with Crippen molar-refractivity contribution in [3.05, 3.63) is 18.5 Å². The predicted molar refractivity (Wildman–Crippen MR) is 79.6 cm³/mol. The maximum atomic E-state index is 10.9. The van der Waals surface area contributed by atoms with Crippen molar-refractivity contribution in [2.45, 2.75) is 30.5 Å². The Morgan fingerprint density at radius 3 is 3.19 bits per heavy atom. The summed E-state index contributed by atoms with van der Waals surface area (Å²) in [6, 6.07) is 1.92. The van der Waals surface area contributed by atoms with Gasteiger partial charge in [0.2, 0.25) is 0 Å². The van der Waals surface area contributed by atoms with Gasteiger partial charge in [0.1, 0.15) is 5.52 Å². The summed E-state index contributed by atoms with van der Waals surface area (Å²) in [4.78, 5) is 19.5. The van der Waals surface area contributed by atoms with E-state index in [1.54, 1.807) is 12.4 Å². The van der Waals surface area contributed by atoms with E-state index in [9.17, 15) is 4.79 Å². The molecule has 2 aromatic rings. The van der Waals surface area contributed by atoms with Crippen LogP contribution in [0.4, 0.5) is 0 Å². The van der Waals surface area contributed by atoms with E-state index in [0.717, 1.165) is 30.5 Å². The number of ether oxygens (including phenoxy) is 1. The average Bonchev–Trinajstić information content (AvgIpc) is 2.85. The van der Waals surface area contributed by atoms with Gasteiger partial charge in [0.25, 0.3) is 0 Å².